The maximum atomic E-state index is 11.9. The molecule has 0 atom stereocenters. The lowest BCUT2D eigenvalue weighted by atomic mass is 10.1. The number of para-hydroxylation sites is 1. The van der Waals surface area contributed by atoms with Gasteiger partial charge in [-0.3, -0.25) is 19.9 Å². The summed E-state index contributed by atoms with van der Waals surface area (Å²) in [5.41, 5.74) is 1.46. The Kier molecular flexibility index (Phi) is 3.30. The summed E-state index contributed by atoms with van der Waals surface area (Å²) in [4.78, 5) is 21.0. The molecule has 0 saturated carbocycles. The Labute approximate surface area is 103 Å². The van der Waals surface area contributed by atoms with Crippen molar-refractivity contribution in [1.29, 1.82) is 0 Å². The molecule has 0 saturated heterocycles. The van der Waals surface area contributed by atoms with Gasteiger partial charge < -0.3 is 4.98 Å². The van der Waals surface area contributed by atoms with Crippen molar-refractivity contribution in [3.63, 3.8) is 0 Å². The van der Waals surface area contributed by atoms with Crippen molar-refractivity contribution in [3.05, 3.63) is 36.0 Å². The Balaban J connectivity index is 2.31. The van der Waals surface area contributed by atoms with Gasteiger partial charge in [0, 0.05) is 35.9 Å². The normalized spacial score (nSPS) is 11.5. The lowest BCUT2D eigenvalue weighted by molar-refractivity contribution is 0.0978. The molecule has 0 unspecified atom stereocenters. The molecular weight excluding hydrogens is 240 g/mol. The second-order valence-corrected chi connectivity index (χ2v) is 3.56. The molecule has 17 heavy (non-hydrogen) atoms. The van der Waals surface area contributed by atoms with Crippen LogP contribution in [0.15, 0.2) is 35.5 Å². The van der Waals surface area contributed by atoms with E-state index in [0.717, 1.165) is 10.9 Å². The Morgan fingerprint density at radius 2 is 2.18 bits per heavy atom. The summed E-state index contributed by atoms with van der Waals surface area (Å²) in [6.07, 6.45) is 1.65. The van der Waals surface area contributed by atoms with Gasteiger partial charge in [-0.1, -0.05) is 18.2 Å². The monoisotopic (exact) mass is 250 g/mol. The van der Waals surface area contributed by atoms with E-state index in [0.29, 0.717) is 5.56 Å². The summed E-state index contributed by atoms with van der Waals surface area (Å²) >= 11 is 5.39. The molecule has 0 radical (unpaired) electrons. The summed E-state index contributed by atoms with van der Waals surface area (Å²) in [5, 5.41) is 3.42. The van der Waals surface area contributed by atoms with Crippen LogP contribution in [0, 0.1) is 0 Å². The summed E-state index contributed by atoms with van der Waals surface area (Å²) < 4.78 is 0. The molecule has 0 aliphatic rings. The van der Waals surface area contributed by atoms with E-state index in [1.54, 1.807) is 6.20 Å². The van der Waals surface area contributed by atoms with Gasteiger partial charge in [-0.15, -0.1) is 0 Å². The highest BCUT2D eigenvalue weighted by atomic mass is 35.5. The van der Waals surface area contributed by atoms with Crippen LogP contribution in [0.1, 0.15) is 10.4 Å². The summed E-state index contributed by atoms with van der Waals surface area (Å²) in [7, 11) is 1.53. The number of nitrogens with one attached hydrogen (secondary N) is 3. The van der Waals surface area contributed by atoms with E-state index in [9.17, 15) is 4.79 Å². The first-order chi connectivity index (χ1) is 8.26. The van der Waals surface area contributed by atoms with Crippen molar-refractivity contribution in [2.45, 2.75) is 0 Å². The van der Waals surface area contributed by atoms with Gasteiger partial charge in [0.05, 0.1) is 5.56 Å². The topological polar surface area (TPSA) is 69.3 Å². The van der Waals surface area contributed by atoms with Crippen molar-refractivity contribution >= 4 is 34.5 Å². The average Bonchev–Trinajstić information content (AvgIpc) is 2.79. The molecule has 2 aromatic rings. The predicted octanol–water partition coefficient (Wildman–Crippen LogP) is 1.63. The number of guanidine groups is 1. The van der Waals surface area contributed by atoms with Gasteiger partial charge in [0.25, 0.3) is 5.91 Å². The van der Waals surface area contributed by atoms with Crippen molar-refractivity contribution in [2.75, 3.05) is 7.05 Å². The molecule has 1 amide bonds. The van der Waals surface area contributed by atoms with Crippen LogP contribution in [0.5, 0.6) is 0 Å². The number of H-pyrrole nitrogens is 1. The standard InChI is InChI=1S/C11H11ClN4O/c1-13-11(16-12)15-10(17)8-6-14-9-5-3-2-4-7(8)9/h2-6,14H,1H3,(H2,13,15,16,17). The zero-order chi connectivity index (χ0) is 12.3. The fourth-order valence-electron chi connectivity index (χ4n) is 1.56. The predicted molar refractivity (Wildman–Crippen MR) is 68.1 cm³/mol. The number of benzene rings is 1. The molecule has 0 spiro atoms. The average molecular weight is 251 g/mol. The molecule has 88 valence electrons. The zero-order valence-electron chi connectivity index (χ0n) is 9.12. The molecule has 2 rings (SSSR count). The smallest absolute Gasteiger partial charge is 0.260 e. The van der Waals surface area contributed by atoms with Gasteiger partial charge >= 0.3 is 0 Å². The van der Waals surface area contributed by atoms with E-state index in [1.165, 1.54) is 7.05 Å². The molecule has 6 heteroatoms. The second-order valence-electron chi connectivity index (χ2n) is 3.37. The number of aromatic amines is 1. The van der Waals surface area contributed by atoms with Crippen LogP contribution >= 0.6 is 11.8 Å². The van der Waals surface area contributed by atoms with Gasteiger partial charge in [-0.05, 0) is 6.07 Å². The Morgan fingerprint density at radius 3 is 2.88 bits per heavy atom. The number of nitrogens with zero attached hydrogens (tertiary/aromatic N) is 1. The lowest BCUT2D eigenvalue weighted by Gasteiger charge is -2.04. The first-order valence-corrected chi connectivity index (χ1v) is 5.35. The van der Waals surface area contributed by atoms with Crippen LogP contribution in [0.25, 0.3) is 10.9 Å². The number of amides is 1. The van der Waals surface area contributed by atoms with Crippen molar-refractivity contribution < 1.29 is 4.79 Å². The van der Waals surface area contributed by atoms with Crippen LogP contribution in [-0.2, 0) is 0 Å². The maximum absolute atomic E-state index is 11.9. The van der Waals surface area contributed by atoms with Crippen LogP contribution in [0.4, 0.5) is 0 Å². The number of aliphatic imine (C=N–C) groups is 1. The third-order valence-corrected chi connectivity index (χ3v) is 2.56. The van der Waals surface area contributed by atoms with E-state index in [-0.39, 0.29) is 11.9 Å². The van der Waals surface area contributed by atoms with Gasteiger partial charge in [0.15, 0.2) is 0 Å². The molecule has 0 fully saturated rings. The number of halogens is 1. The first kappa shape index (κ1) is 11.5. The van der Waals surface area contributed by atoms with E-state index in [2.05, 4.69) is 20.1 Å². The highest BCUT2D eigenvalue weighted by molar-refractivity contribution is 6.24. The molecule has 3 N–H and O–H groups in total. The maximum Gasteiger partial charge on any atom is 0.260 e. The number of aromatic nitrogens is 1. The summed E-state index contributed by atoms with van der Waals surface area (Å²) in [6, 6.07) is 7.56. The fraction of sp³-hybridized carbons (Fsp3) is 0.0909. The second kappa shape index (κ2) is 4.88. The van der Waals surface area contributed by atoms with Gasteiger partial charge in [-0.2, -0.15) is 0 Å². The Morgan fingerprint density at radius 1 is 1.41 bits per heavy atom. The molecule has 5 nitrogen and oxygen atoms in total. The molecule has 1 heterocycles. The number of carbonyl (C=O) groups excluding carboxylic acids is 1. The number of hydrogen-bond donors (Lipinski definition) is 3. The van der Waals surface area contributed by atoms with Crippen LogP contribution in [-0.4, -0.2) is 23.9 Å². The first-order valence-electron chi connectivity index (χ1n) is 4.97. The molecule has 0 aliphatic heterocycles. The molecular formula is C11H11ClN4O. The fourth-order valence-corrected chi connectivity index (χ4v) is 1.69. The summed E-state index contributed by atoms with van der Waals surface area (Å²) in [5.74, 6) is -0.0573. The Bertz CT molecular complexity index is 576. The quantitative estimate of drug-likeness (QED) is 0.409. The number of fused-ring (bicyclic) bond motifs is 1. The highest BCUT2D eigenvalue weighted by Gasteiger charge is 2.12. The lowest BCUT2D eigenvalue weighted by Crippen LogP contribution is -2.36. The van der Waals surface area contributed by atoms with Crippen molar-refractivity contribution in [1.82, 2.24) is 15.1 Å². The van der Waals surface area contributed by atoms with Crippen LogP contribution < -0.4 is 10.2 Å². The van der Waals surface area contributed by atoms with Crippen LogP contribution in [0.3, 0.4) is 0 Å². The van der Waals surface area contributed by atoms with Crippen molar-refractivity contribution in [2.24, 2.45) is 4.99 Å². The summed E-state index contributed by atoms with van der Waals surface area (Å²) in [6.45, 7) is 0. The molecule has 0 bridgehead atoms. The molecule has 0 aliphatic carbocycles. The number of rotatable bonds is 1. The third kappa shape index (κ3) is 2.24. The van der Waals surface area contributed by atoms with Gasteiger partial charge in [-0.25, -0.2) is 0 Å². The molecule has 1 aromatic heterocycles. The van der Waals surface area contributed by atoms with E-state index in [4.69, 9.17) is 11.8 Å². The highest BCUT2D eigenvalue weighted by Crippen LogP contribution is 2.17. The van der Waals surface area contributed by atoms with E-state index < -0.39 is 0 Å². The minimum Gasteiger partial charge on any atom is -0.360 e. The SMILES string of the molecule is CN=C(NCl)NC(=O)c1c[nH]c2ccccc12. The number of hydrogen-bond acceptors (Lipinski definition) is 2. The van der Waals surface area contributed by atoms with E-state index in [1.807, 2.05) is 24.3 Å². The third-order valence-electron chi connectivity index (χ3n) is 2.38. The van der Waals surface area contributed by atoms with E-state index >= 15 is 0 Å². The largest absolute Gasteiger partial charge is 0.360 e. The van der Waals surface area contributed by atoms with Crippen LogP contribution in [0.2, 0.25) is 0 Å². The van der Waals surface area contributed by atoms with Gasteiger partial charge in [0.2, 0.25) is 5.96 Å². The minimum absolute atomic E-state index is 0.210. The van der Waals surface area contributed by atoms with Crippen molar-refractivity contribution in [3.8, 4) is 0 Å². The molecule has 1 aromatic carbocycles. The minimum atomic E-state index is -0.267. The number of carbonyl (C=O) groups is 1. The Hall–Kier alpha value is -2.01. The van der Waals surface area contributed by atoms with Gasteiger partial charge in [0.1, 0.15) is 0 Å². The zero-order valence-corrected chi connectivity index (χ0v) is 9.88.